The lowest BCUT2D eigenvalue weighted by molar-refractivity contribution is 0.0951. The van der Waals surface area contributed by atoms with Crippen molar-refractivity contribution in [3.8, 4) is 0 Å². The van der Waals surface area contributed by atoms with E-state index < -0.39 is 0 Å². The molecule has 4 nitrogen and oxygen atoms in total. The number of rotatable bonds is 5. The fourth-order valence-electron chi connectivity index (χ4n) is 2.14. The normalized spacial score (nSPS) is 13.8. The largest absolute Gasteiger partial charge is 0.366 e. The molecule has 2 N–H and O–H groups in total. The molecule has 0 saturated heterocycles. The summed E-state index contributed by atoms with van der Waals surface area (Å²) in [6, 6.07) is 12.4. The number of aromatic nitrogens is 1. The molecule has 1 aliphatic rings. The second-order valence-electron chi connectivity index (χ2n) is 5.52. The first-order chi connectivity index (χ1) is 10.2. The summed E-state index contributed by atoms with van der Waals surface area (Å²) in [5, 5.41) is 6.22. The van der Waals surface area contributed by atoms with Gasteiger partial charge in [-0.05, 0) is 37.5 Å². The number of nitrogens with zero attached hydrogens (tertiary/aromatic N) is 1. The molecule has 0 atom stereocenters. The van der Waals surface area contributed by atoms with E-state index in [1.54, 1.807) is 6.20 Å². The summed E-state index contributed by atoms with van der Waals surface area (Å²) in [6.07, 6.45) is 3.81. The van der Waals surface area contributed by atoms with Gasteiger partial charge in [-0.2, -0.15) is 0 Å². The number of benzene rings is 1. The highest BCUT2D eigenvalue weighted by Crippen LogP contribution is 2.19. The summed E-state index contributed by atoms with van der Waals surface area (Å²) in [5.74, 6) is 0.745. The van der Waals surface area contributed by atoms with Gasteiger partial charge in [0.15, 0.2) is 0 Å². The molecule has 108 valence electrons. The van der Waals surface area contributed by atoms with E-state index in [1.807, 2.05) is 18.2 Å². The molecule has 1 heterocycles. The number of aryl methyl sites for hydroxylation is 1. The van der Waals surface area contributed by atoms with Crippen LogP contribution in [0.1, 0.15) is 34.3 Å². The van der Waals surface area contributed by atoms with Crippen molar-refractivity contribution in [1.82, 2.24) is 10.3 Å². The summed E-state index contributed by atoms with van der Waals surface area (Å²) in [5.41, 5.74) is 3.07. The van der Waals surface area contributed by atoms with Gasteiger partial charge in [-0.3, -0.25) is 4.79 Å². The Morgan fingerprint density at radius 3 is 2.81 bits per heavy atom. The second kappa shape index (κ2) is 5.95. The molecule has 0 unspecified atom stereocenters. The third-order valence-corrected chi connectivity index (χ3v) is 3.49. The maximum atomic E-state index is 11.9. The van der Waals surface area contributed by atoms with E-state index in [2.05, 4.69) is 40.7 Å². The summed E-state index contributed by atoms with van der Waals surface area (Å²) in [4.78, 5) is 16.1. The van der Waals surface area contributed by atoms with E-state index in [0.29, 0.717) is 11.6 Å². The van der Waals surface area contributed by atoms with Crippen molar-refractivity contribution in [2.24, 2.45) is 0 Å². The van der Waals surface area contributed by atoms with Gasteiger partial charge >= 0.3 is 0 Å². The van der Waals surface area contributed by atoms with Gasteiger partial charge in [0.25, 0.3) is 5.91 Å². The number of hydrogen-bond acceptors (Lipinski definition) is 3. The Balaban J connectivity index is 1.57. The number of pyridine rings is 1. The van der Waals surface area contributed by atoms with Crippen LogP contribution in [0.15, 0.2) is 42.6 Å². The Kier molecular flexibility index (Phi) is 3.86. The molecule has 1 aliphatic carbocycles. The van der Waals surface area contributed by atoms with Crippen molar-refractivity contribution in [3.05, 3.63) is 59.3 Å². The monoisotopic (exact) mass is 281 g/mol. The quantitative estimate of drug-likeness (QED) is 0.886. The van der Waals surface area contributed by atoms with Crippen molar-refractivity contribution in [3.63, 3.8) is 0 Å². The van der Waals surface area contributed by atoms with Gasteiger partial charge in [0.1, 0.15) is 5.82 Å². The topological polar surface area (TPSA) is 54.0 Å². The fourth-order valence-corrected chi connectivity index (χ4v) is 2.14. The van der Waals surface area contributed by atoms with Crippen LogP contribution in [0.4, 0.5) is 5.82 Å². The van der Waals surface area contributed by atoms with E-state index in [4.69, 9.17) is 0 Å². The van der Waals surface area contributed by atoms with E-state index in [1.165, 1.54) is 11.1 Å². The van der Waals surface area contributed by atoms with Crippen LogP contribution in [-0.4, -0.2) is 16.9 Å². The molecule has 1 aromatic carbocycles. The number of carbonyl (C=O) groups excluding carboxylic acids is 1. The average molecular weight is 281 g/mol. The van der Waals surface area contributed by atoms with Crippen molar-refractivity contribution in [1.29, 1.82) is 0 Å². The van der Waals surface area contributed by atoms with E-state index in [0.717, 1.165) is 25.2 Å². The first-order valence-corrected chi connectivity index (χ1v) is 7.27. The molecule has 4 heteroatoms. The van der Waals surface area contributed by atoms with Crippen molar-refractivity contribution in [2.45, 2.75) is 32.4 Å². The van der Waals surface area contributed by atoms with E-state index in [9.17, 15) is 4.79 Å². The summed E-state index contributed by atoms with van der Waals surface area (Å²) in [6.45, 7) is 2.80. The Labute approximate surface area is 124 Å². The zero-order valence-electron chi connectivity index (χ0n) is 12.1. The molecule has 0 aliphatic heterocycles. The molecule has 3 rings (SSSR count). The standard InChI is InChI=1S/C17H19N3O/c1-12-3-2-4-13(9-12)10-18-16-8-5-14(11-19-16)17(21)20-15-6-7-15/h2-5,8-9,11,15H,6-7,10H2,1H3,(H,18,19)(H,20,21). The Morgan fingerprint density at radius 2 is 2.14 bits per heavy atom. The highest BCUT2D eigenvalue weighted by Gasteiger charge is 2.23. The molecule has 21 heavy (non-hydrogen) atoms. The van der Waals surface area contributed by atoms with Crippen LogP contribution in [0.3, 0.4) is 0 Å². The lowest BCUT2D eigenvalue weighted by atomic mass is 10.1. The molecule has 0 radical (unpaired) electrons. The Morgan fingerprint density at radius 1 is 1.29 bits per heavy atom. The predicted octanol–water partition coefficient (Wildman–Crippen LogP) is 2.89. The highest BCUT2D eigenvalue weighted by atomic mass is 16.1. The third kappa shape index (κ3) is 3.81. The van der Waals surface area contributed by atoms with Crippen molar-refractivity contribution in [2.75, 3.05) is 5.32 Å². The van der Waals surface area contributed by atoms with Gasteiger partial charge in [-0.15, -0.1) is 0 Å². The molecular weight excluding hydrogens is 262 g/mol. The van der Waals surface area contributed by atoms with Crippen molar-refractivity contribution < 1.29 is 4.79 Å². The average Bonchev–Trinajstić information content (AvgIpc) is 3.30. The summed E-state index contributed by atoms with van der Waals surface area (Å²) < 4.78 is 0. The van der Waals surface area contributed by atoms with Gasteiger partial charge in [-0.1, -0.05) is 29.8 Å². The SMILES string of the molecule is Cc1cccc(CNc2ccc(C(=O)NC3CC3)cn2)c1. The van der Waals surface area contributed by atoms with Crippen LogP contribution in [-0.2, 0) is 6.54 Å². The van der Waals surface area contributed by atoms with E-state index >= 15 is 0 Å². The predicted molar refractivity (Wildman–Crippen MR) is 83.2 cm³/mol. The van der Waals surface area contributed by atoms with Gasteiger partial charge in [0, 0.05) is 18.8 Å². The molecule has 1 saturated carbocycles. The lowest BCUT2D eigenvalue weighted by Gasteiger charge is -2.07. The molecule has 2 aromatic rings. The van der Waals surface area contributed by atoms with Gasteiger partial charge in [0.05, 0.1) is 5.56 Å². The van der Waals surface area contributed by atoms with Gasteiger partial charge < -0.3 is 10.6 Å². The zero-order valence-corrected chi connectivity index (χ0v) is 12.1. The number of hydrogen-bond donors (Lipinski definition) is 2. The molecular formula is C17H19N3O. The smallest absolute Gasteiger partial charge is 0.253 e. The van der Waals surface area contributed by atoms with Crippen LogP contribution >= 0.6 is 0 Å². The minimum absolute atomic E-state index is 0.0322. The first-order valence-electron chi connectivity index (χ1n) is 7.27. The van der Waals surface area contributed by atoms with Crippen LogP contribution in [0.25, 0.3) is 0 Å². The Bertz CT molecular complexity index is 633. The maximum Gasteiger partial charge on any atom is 0.253 e. The maximum absolute atomic E-state index is 11.9. The lowest BCUT2D eigenvalue weighted by Crippen LogP contribution is -2.25. The number of carbonyl (C=O) groups is 1. The molecule has 1 amide bonds. The number of nitrogens with one attached hydrogen (secondary N) is 2. The minimum Gasteiger partial charge on any atom is -0.366 e. The van der Waals surface area contributed by atoms with Crippen LogP contribution < -0.4 is 10.6 Å². The first kappa shape index (κ1) is 13.6. The van der Waals surface area contributed by atoms with Crippen molar-refractivity contribution >= 4 is 11.7 Å². The van der Waals surface area contributed by atoms with Gasteiger partial charge in [0.2, 0.25) is 0 Å². The number of amides is 1. The summed E-state index contributed by atoms with van der Waals surface area (Å²) >= 11 is 0. The van der Waals surface area contributed by atoms with E-state index in [-0.39, 0.29) is 5.91 Å². The second-order valence-corrected chi connectivity index (χ2v) is 5.52. The molecule has 0 spiro atoms. The van der Waals surface area contributed by atoms with Crippen LogP contribution in [0.5, 0.6) is 0 Å². The van der Waals surface area contributed by atoms with Gasteiger partial charge in [-0.25, -0.2) is 4.98 Å². The summed E-state index contributed by atoms with van der Waals surface area (Å²) in [7, 11) is 0. The fraction of sp³-hybridized carbons (Fsp3) is 0.294. The third-order valence-electron chi connectivity index (χ3n) is 3.49. The molecule has 1 aromatic heterocycles. The molecule has 1 fully saturated rings. The van der Waals surface area contributed by atoms with Crippen LogP contribution in [0.2, 0.25) is 0 Å². The zero-order chi connectivity index (χ0) is 14.7. The number of anilines is 1. The highest BCUT2D eigenvalue weighted by molar-refractivity contribution is 5.94. The van der Waals surface area contributed by atoms with Crippen LogP contribution in [0, 0.1) is 6.92 Å². The molecule has 0 bridgehead atoms. The Hall–Kier alpha value is -2.36. The minimum atomic E-state index is -0.0322.